The van der Waals surface area contributed by atoms with Crippen molar-refractivity contribution in [1.82, 2.24) is 13.7 Å². The smallest absolute Gasteiger partial charge is 0.267 e. The summed E-state index contributed by atoms with van der Waals surface area (Å²) in [6, 6.07) is 0. The summed E-state index contributed by atoms with van der Waals surface area (Å²) < 4.78 is 2.29. The molecule has 1 aliphatic heterocycles. The molecule has 10 heavy (non-hydrogen) atoms. The van der Waals surface area contributed by atoms with E-state index in [0.29, 0.717) is 4.53 Å². The molecule has 1 heterocycles. The number of rotatable bonds is 0. The Morgan fingerprint density at radius 1 is 1.30 bits per heavy atom. The first-order chi connectivity index (χ1) is 4.63. The van der Waals surface area contributed by atoms with E-state index in [9.17, 15) is 4.79 Å². The minimum absolute atomic E-state index is 0.450. The third-order valence-corrected chi connectivity index (χ3v) is 1.86. The molecule has 7 heteroatoms. The van der Waals surface area contributed by atoms with Gasteiger partial charge in [-0.2, -0.15) is 4.53 Å². The molecule has 0 fully saturated rings. The third kappa shape index (κ3) is 1.29. The van der Waals surface area contributed by atoms with Crippen molar-refractivity contribution in [3.8, 4) is 0 Å². The fraction of sp³-hybridized carbons (Fsp3) is 0. The predicted molar refractivity (Wildman–Crippen MR) is 37.2 cm³/mol. The molecule has 56 valence electrons. The van der Waals surface area contributed by atoms with Crippen molar-refractivity contribution in [3.63, 3.8) is 0 Å². The third-order valence-electron chi connectivity index (χ3n) is 0.825. The first-order valence-electron chi connectivity index (χ1n) is 2.22. The molecule has 0 unspecified atom stereocenters. The van der Waals surface area contributed by atoms with Crippen LogP contribution < -0.4 is 0 Å². The van der Waals surface area contributed by atoms with Crippen LogP contribution in [0.15, 0.2) is 12.3 Å². The molecule has 0 aliphatic carbocycles. The van der Waals surface area contributed by atoms with Crippen LogP contribution in [0.5, 0.6) is 0 Å². The van der Waals surface area contributed by atoms with E-state index in [2.05, 4.69) is 0 Å². The summed E-state index contributed by atoms with van der Waals surface area (Å²) >= 11 is 16.1. The van der Waals surface area contributed by atoms with Crippen LogP contribution in [0.2, 0.25) is 0 Å². The first kappa shape index (κ1) is 7.94. The molecule has 0 aromatic heterocycles. The van der Waals surface area contributed by atoms with Crippen molar-refractivity contribution in [2.75, 3.05) is 0 Å². The highest BCUT2D eigenvalue weighted by molar-refractivity contribution is 6.28. The van der Waals surface area contributed by atoms with Crippen molar-refractivity contribution in [2.24, 2.45) is 0 Å². The molecular weight excluding hydrogens is 200 g/mol. The van der Waals surface area contributed by atoms with Crippen molar-refractivity contribution < 1.29 is 4.79 Å². The SMILES string of the molecule is O=C1C=CN(Cl)N(Cl)N1Cl. The molecule has 1 rings (SSSR count). The van der Waals surface area contributed by atoms with E-state index < -0.39 is 5.91 Å². The van der Waals surface area contributed by atoms with Gasteiger partial charge in [0.15, 0.2) is 0 Å². The van der Waals surface area contributed by atoms with E-state index in [-0.39, 0.29) is 0 Å². The quantitative estimate of drug-likeness (QED) is 0.553. The molecule has 0 saturated heterocycles. The Balaban J connectivity index is 2.79. The molecule has 0 saturated carbocycles. The van der Waals surface area contributed by atoms with Crippen LogP contribution in [0, 0.1) is 0 Å². The molecule has 4 nitrogen and oxygen atoms in total. The van der Waals surface area contributed by atoms with Crippen molar-refractivity contribution in [3.05, 3.63) is 12.3 Å². The highest BCUT2D eigenvalue weighted by Gasteiger charge is 2.24. The molecule has 1 amide bonds. The molecule has 0 aromatic carbocycles. The van der Waals surface area contributed by atoms with Gasteiger partial charge in [0.25, 0.3) is 5.91 Å². The second-order valence-electron chi connectivity index (χ2n) is 1.44. The minimum Gasteiger partial charge on any atom is -0.267 e. The number of hydrogen-bond donors (Lipinski definition) is 0. The Bertz CT molecular complexity index is 184. The molecule has 0 aromatic rings. The monoisotopic (exact) mass is 201 g/mol. The Morgan fingerprint density at radius 3 is 2.40 bits per heavy atom. The Hall–Kier alpha value is -0.160. The molecular formula is C3H2Cl3N3O. The van der Waals surface area contributed by atoms with Gasteiger partial charge in [-0.25, -0.2) is 0 Å². The van der Waals surface area contributed by atoms with Crippen LogP contribution in [0.1, 0.15) is 0 Å². The maximum atomic E-state index is 10.6. The second-order valence-corrected chi connectivity index (χ2v) is 2.41. The fourth-order valence-corrected chi connectivity index (χ4v) is 0.811. The Morgan fingerprint density at radius 2 is 1.90 bits per heavy atom. The van der Waals surface area contributed by atoms with Gasteiger partial charge in [0.2, 0.25) is 0 Å². The summed E-state index contributed by atoms with van der Waals surface area (Å²) in [5.41, 5.74) is 0. The number of hydrogen-bond acceptors (Lipinski definition) is 3. The number of amides is 1. The fourth-order valence-electron chi connectivity index (χ4n) is 0.398. The maximum Gasteiger partial charge on any atom is 0.280 e. The molecule has 0 atom stereocenters. The minimum atomic E-state index is -0.450. The lowest BCUT2D eigenvalue weighted by Gasteiger charge is -2.28. The second kappa shape index (κ2) is 2.84. The van der Waals surface area contributed by atoms with E-state index in [1.54, 1.807) is 0 Å². The zero-order valence-corrected chi connectivity index (χ0v) is 6.81. The summed E-state index contributed by atoms with van der Waals surface area (Å²) in [5.74, 6) is -0.450. The molecule has 0 N–H and O–H groups in total. The lowest BCUT2D eigenvalue weighted by Crippen LogP contribution is -2.41. The van der Waals surface area contributed by atoms with Gasteiger partial charge < -0.3 is 0 Å². The highest BCUT2D eigenvalue weighted by Crippen LogP contribution is 2.18. The van der Waals surface area contributed by atoms with Gasteiger partial charge in [0, 0.05) is 47.6 Å². The Labute approximate surface area is 72.4 Å². The van der Waals surface area contributed by atoms with Gasteiger partial charge in [-0.1, -0.05) is 0 Å². The molecule has 1 aliphatic rings. The van der Waals surface area contributed by atoms with Crippen LogP contribution in [0.4, 0.5) is 0 Å². The van der Waals surface area contributed by atoms with E-state index in [1.807, 2.05) is 0 Å². The summed E-state index contributed by atoms with van der Waals surface area (Å²) in [7, 11) is 0. The molecule has 0 spiro atoms. The van der Waals surface area contributed by atoms with Crippen LogP contribution in [-0.2, 0) is 4.79 Å². The summed E-state index contributed by atoms with van der Waals surface area (Å²) in [6.07, 6.45) is 2.45. The topological polar surface area (TPSA) is 26.8 Å². The predicted octanol–water partition coefficient (Wildman–Crippen LogP) is 1.24. The molecule has 0 radical (unpaired) electrons. The number of nitrogens with zero attached hydrogens (tertiary/aromatic N) is 3. The summed E-state index contributed by atoms with van der Waals surface area (Å²) in [4.78, 5) is 10.6. The zero-order valence-electron chi connectivity index (χ0n) is 4.54. The van der Waals surface area contributed by atoms with Crippen molar-refractivity contribution >= 4 is 41.2 Å². The van der Waals surface area contributed by atoms with Gasteiger partial charge in [-0.3, -0.25) is 4.79 Å². The number of hydrazine groups is 2. The molecule has 0 bridgehead atoms. The normalized spacial score (nSPS) is 20.5. The van der Waals surface area contributed by atoms with Crippen LogP contribution >= 0.6 is 35.3 Å². The van der Waals surface area contributed by atoms with Gasteiger partial charge in [0.05, 0.1) is 0 Å². The van der Waals surface area contributed by atoms with Gasteiger partial charge in [-0.05, 0) is 4.64 Å². The lowest BCUT2D eigenvalue weighted by atomic mass is 10.6. The van der Waals surface area contributed by atoms with Gasteiger partial charge >= 0.3 is 0 Å². The van der Waals surface area contributed by atoms with Gasteiger partial charge in [-0.15, -0.1) is 4.53 Å². The number of carbonyl (C=O) groups is 1. The van der Waals surface area contributed by atoms with E-state index in [0.717, 1.165) is 9.16 Å². The number of carbonyl (C=O) groups excluding carboxylic acids is 1. The largest absolute Gasteiger partial charge is 0.280 e. The summed E-state index contributed by atoms with van der Waals surface area (Å²) in [5, 5.41) is 0. The van der Waals surface area contributed by atoms with Crippen molar-refractivity contribution in [2.45, 2.75) is 0 Å². The lowest BCUT2D eigenvalue weighted by molar-refractivity contribution is -0.134. The average Bonchev–Trinajstić information content (AvgIpc) is 1.93. The highest BCUT2D eigenvalue weighted by atomic mass is 35.5. The average molecular weight is 202 g/mol. The summed E-state index contributed by atoms with van der Waals surface area (Å²) in [6.45, 7) is 0. The van der Waals surface area contributed by atoms with Crippen LogP contribution in [-0.4, -0.2) is 19.6 Å². The van der Waals surface area contributed by atoms with E-state index >= 15 is 0 Å². The first-order valence-corrected chi connectivity index (χ1v) is 3.23. The maximum absolute atomic E-state index is 10.6. The Kier molecular flexibility index (Phi) is 2.25. The van der Waals surface area contributed by atoms with Gasteiger partial charge in [0.1, 0.15) is 0 Å². The van der Waals surface area contributed by atoms with E-state index in [4.69, 9.17) is 35.3 Å². The standard InChI is InChI=1S/C3H2Cl3N3O/c4-7-2-1-3(10)8(5)9(7)6/h1-2H. The van der Waals surface area contributed by atoms with E-state index in [1.165, 1.54) is 12.3 Å². The number of halogens is 3. The zero-order chi connectivity index (χ0) is 7.72. The van der Waals surface area contributed by atoms with Crippen LogP contribution in [0.3, 0.4) is 0 Å². The van der Waals surface area contributed by atoms with Crippen molar-refractivity contribution in [1.29, 1.82) is 0 Å². The van der Waals surface area contributed by atoms with Crippen LogP contribution in [0.25, 0.3) is 0 Å².